The number of piperidine rings is 1. The summed E-state index contributed by atoms with van der Waals surface area (Å²) < 4.78 is 1.95. The van der Waals surface area contributed by atoms with E-state index >= 15 is 0 Å². The number of hydrogen-bond donors (Lipinski definition) is 1. The van der Waals surface area contributed by atoms with Crippen molar-refractivity contribution in [2.75, 3.05) is 19.6 Å². The first-order valence-electron chi connectivity index (χ1n) is 6.67. The first kappa shape index (κ1) is 11.2. The van der Waals surface area contributed by atoms with E-state index in [-0.39, 0.29) is 0 Å². The van der Waals surface area contributed by atoms with Gasteiger partial charge >= 0.3 is 0 Å². The van der Waals surface area contributed by atoms with Gasteiger partial charge in [-0.1, -0.05) is 0 Å². The molecule has 2 aliphatic heterocycles. The Hall–Kier alpha value is -0.870. The molecule has 1 N–H and O–H groups in total. The molecule has 3 heterocycles. The maximum absolute atomic E-state index is 4.30. The second kappa shape index (κ2) is 4.42. The van der Waals surface area contributed by atoms with E-state index in [4.69, 9.17) is 0 Å². The highest BCUT2D eigenvalue weighted by atomic mass is 15.3. The van der Waals surface area contributed by atoms with E-state index in [1.165, 1.54) is 43.7 Å². The van der Waals surface area contributed by atoms with Crippen LogP contribution in [0.15, 0.2) is 6.20 Å². The molecule has 3 unspecified atom stereocenters. The zero-order valence-corrected chi connectivity index (χ0v) is 10.8. The Morgan fingerprint density at radius 1 is 1.41 bits per heavy atom. The summed E-state index contributed by atoms with van der Waals surface area (Å²) in [7, 11) is 2.01. The van der Waals surface area contributed by atoms with Crippen molar-refractivity contribution >= 4 is 0 Å². The van der Waals surface area contributed by atoms with Crippen LogP contribution in [-0.4, -0.2) is 40.4 Å². The topological polar surface area (TPSA) is 33.1 Å². The molecule has 17 heavy (non-hydrogen) atoms. The van der Waals surface area contributed by atoms with Gasteiger partial charge in [0.15, 0.2) is 0 Å². The van der Waals surface area contributed by atoms with Crippen molar-refractivity contribution in [1.29, 1.82) is 0 Å². The molecule has 4 heteroatoms. The zero-order valence-electron chi connectivity index (χ0n) is 10.8. The van der Waals surface area contributed by atoms with E-state index in [1.807, 2.05) is 17.9 Å². The van der Waals surface area contributed by atoms with Crippen LogP contribution >= 0.6 is 0 Å². The van der Waals surface area contributed by atoms with Crippen LogP contribution in [-0.2, 0) is 13.6 Å². The number of fused-ring (bicyclic) bond motifs is 2. The molecule has 3 rings (SSSR count). The van der Waals surface area contributed by atoms with Crippen molar-refractivity contribution in [3.05, 3.63) is 17.5 Å². The van der Waals surface area contributed by atoms with Crippen molar-refractivity contribution < 1.29 is 0 Å². The van der Waals surface area contributed by atoms with E-state index in [0.717, 1.165) is 12.5 Å². The maximum atomic E-state index is 4.30. The van der Waals surface area contributed by atoms with Crippen LogP contribution in [0.1, 0.15) is 24.1 Å². The van der Waals surface area contributed by atoms with E-state index in [1.54, 1.807) is 0 Å². The van der Waals surface area contributed by atoms with Crippen molar-refractivity contribution in [3.63, 3.8) is 0 Å². The summed E-state index contributed by atoms with van der Waals surface area (Å²) >= 11 is 0. The minimum absolute atomic E-state index is 0.716. The smallest absolute Gasteiger partial charge is 0.0537 e. The van der Waals surface area contributed by atoms with Crippen molar-refractivity contribution in [2.45, 2.75) is 32.4 Å². The zero-order chi connectivity index (χ0) is 11.8. The van der Waals surface area contributed by atoms with Crippen molar-refractivity contribution in [2.24, 2.45) is 13.0 Å². The van der Waals surface area contributed by atoms with E-state index in [9.17, 15) is 0 Å². The van der Waals surface area contributed by atoms with Gasteiger partial charge < -0.3 is 10.2 Å². The third-order valence-corrected chi connectivity index (χ3v) is 4.53. The molecular weight excluding hydrogens is 212 g/mol. The lowest BCUT2D eigenvalue weighted by atomic mass is 9.94. The summed E-state index contributed by atoms with van der Waals surface area (Å²) in [6, 6.07) is 0.716. The highest BCUT2D eigenvalue weighted by molar-refractivity contribution is 5.15. The average Bonchev–Trinajstić information content (AvgIpc) is 2.86. The highest BCUT2D eigenvalue weighted by Gasteiger charge is 2.33. The van der Waals surface area contributed by atoms with Crippen LogP contribution in [0.5, 0.6) is 0 Å². The Morgan fingerprint density at radius 3 is 3.00 bits per heavy atom. The third-order valence-electron chi connectivity index (χ3n) is 4.53. The minimum atomic E-state index is 0.716. The molecule has 0 aliphatic carbocycles. The second-order valence-corrected chi connectivity index (χ2v) is 5.50. The van der Waals surface area contributed by atoms with Gasteiger partial charge in [-0.15, -0.1) is 0 Å². The van der Waals surface area contributed by atoms with Crippen molar-refractivity contribution in [3.8, 4) is 0 Å². The number of nitrogens with one attached hydrogen (secondary N) is 1. The van der Waals surface area contributed by atoms with Gasteiger partial charge in [0.25, 0.3) is 0 Å². The largest absolute Gasteiger partial charge is 0.309 e. The highest BCUT2D eigenvalue weighted by Crippen LogP contribution is 2.27. The predicted molar refractivity (Wildman–Crippen MR) is 67.7 cm³/mol. The van der Waals surface area contributed by atoms with Crippen LogP contribution in [0, 0.1) is 12.8 Å². The number of aromatic nitrogens is 2. The summed E-state index contributed by atoms with van der Waals surface area (Å²) in [6.45, 7) is 7.02. The monoisotopic (exact) mass is 234 g/mol. The van der Waals surface area contributed by atoms with E-state index in [0.29, 0.717) is 6.04 Å². The minimum Gasteiger partial charge on any atom is -0.309 e. The summed E-state index contributed by atoms with van der Waals surface area (Å²) in [5.41, 5.74) is 2.62. The van der Waals surface area contributed by atoms with Gasteiger partial charge in [-0.25, -0.2) is 0 Å². The van der Waals surface area contributed by atoms with Crippen LogP contribution in [0.2, 0.25) is 0 Å². The SMILES string of the molecule is Cc1c(CNC2CCN3CCC2C3)cnn1C. The molecule has 2 aliphatic rings. The lowest BCUT2D eigenvalue weighted by Crippen LogP contribution is -2.43. The second-order valence-electron chi connectivity index (χ2n) is 5.50. The number of nitrogens with zero attached hydrogens (tertiary/aromatic N) is 3. The standard InChI is InChI=1S/C13H22N4/c1-10-12(8-15-16(10)2)7-14-13-4-6-17-5-3-11(13)9-17/h8,11,13-14H,3-7,9H2,1-2H3. The van der Waals surface area contributed by atoms with Gasteiger partial charge in [0.2, 0.25) is 0 Å². The molecule has 0 amide bonds. The summed E-state index contributed by atoms with van der Waals surface area (Å²) in [6.07, 6.45) is 4.68. The molecule has 2 saturated heterocycles. The Labute approximate surface area is 103 Å². The molecule has 2 bridgehead atoms. The summed E-state index contributed by atoms with van der Waals surface area (Å²) in [4.78, 5) is 2.60. The molecule has 3 atom stereocenters. The molecule has 0 saturated carbocycles. The predicted octanol–water partition coefficient (Wildman–Crippen LogP) is 0.912. The van der Waals surface area contributed by atoms with E-state index in [2.05, 4.69) is 22.2 Å². The maximum Gasteiger partial charge on any atom is 0.0537 e. The quantitative estimate of drug-likeness (QED) is 0.844. The van der Waals surface area contributed by atoms with Gasteiger partial charge in [0.05, 0.1) is 6.20 Å². The molecule has 0 spiro atoms. The molecule has 1 aromatic heterocycles. The number of rotatable bonds is 3. The molecule has 2 fully saturated rings. The fourth-order valence-electron chi connectivity index (χ4n) is 3.18. The Kier molecular flexibility index (Phi) is 2.92. The summed E-state index contributed by atoms with van der Waals surface area (Å²) in [5, 5.41) is 8.04. The fraction of sp³-hybridized carbons (Fsp3) is 0.769. The van der Waals surface area contributed by atoms with Crippen LogP contribution < -0.4 is 5.32 Å². The number of aryl methyl sites for hydroxylation is 1. The van der Waals surface area contributed by atoms with Crippen LogP contribution in [0.25, 0.3) is 0 Å². The molecule has 0 radical (unpaired) electrons. The number of hydrogen-bond acceptors (Lipinski definition) is 3. The Morgan fingerprint density at radius 2 is 2.24 bits per heavy atom. The Bertz CT molecular complexity index is 398. The van der Waals surface area contributed by atoms with Gasteiger partial charge in [-0.05, 0) is 38.8 Å². The summed E-state index contributed by atoms with van der Waals surface area (Å²) in [5.74, 6) is 0.876. The molecule has 4 nitrogen and oxygen atoms in total. The van der Waals surface area contributed by atoms with Gasteiger partial charge in [-0.2, -0.15) is 5.10 Å². The lowest BCUT2D eigenvalue weighted by molar-refractivity contribution is 0.220. The van der Waals surface area contributed by atoms with Crippen LogP contribution in [0.3, 0.4) is 0 Å². The molecule has 0 aromatic carbocycles. The van der Waals surface area contributed by atoms with E-state index < -0.39 is 0 Å². The Balaban J connectivity index is 1.59. The normalized spacial score (nSPS) is 32.0. The first-order valence-corrected chi connectivity index (χ1v) is 6.67. The average molecular weight is 234 g/mol. The van der Waals surface area contributed by atoms with Gasteiger partial charge in [0.1, 0.15) is 0 Å². The third kappa shape index (κ3) is 2.11. The molecule has 1 aromatic rings. The lowest BCUT2D eigenvalue weighted by Gasteiger charge is -2.31. The van der Waals surface area contributed by atoms with Crippen LogP contribution in [0.4, 0.5) is 0 Å². The van der Waals surface area contributed by atoms with Gasteiger partial charge in [0, 0.05) is 37.4 Å². The molecule has 94 valence electrons. The fourth-order valence-corrected chi connectivity index (χ4v) is 3.18. The first-order chi connectivity index (χ1) is 8.24. The van der Waals surface area contributed by atoms with Crippen molar-refractivity contribution in [1.82, 2.24) is 20.0 Å². The van der Waals surface area contributed by atoms with Gasteiger partial charge in [-0.3, -0.25) is 4.68 Å². The molecular formula is C13H22N4.